The van der Waals surface area contributed by atoms with Crippen LogP contribution in [0, 0.1) is 5.92 Å². The summed E-state index contributed by atoms with van der Waals surface area (Å²) < 4.78 is 21.6. The molecule has 0 aromatic heterocycles. The molecule has 1 fully saturated rings. The topological polar surface area (TPSA) is 112 Å². The van der Waals surface area contributed by atoms with Gasteiger partial charge in [-0.1, -0.05) is 13.8 Å². The third-order valence-electron chi connectivity index (χ3n) is 4.98. The van der Waals surface area contributed by atoms with E-state index in [1.807, 2.05) is 13.8 Å². The number of carbonyl (C=O) groups excluding carboxylic acids is 3. The highest BCUT2D eigenvalue weighted by Gasteiger charge is 2.54. The molecule has 9 nitrogen and oxygen atoms in total. The average Bonchev–Trinajstić information content (AvgIpc) is 2.92. The first-order chi connectivity index (χ1) is 14.1. The van der Waals surface area contributed by atoms with E-state index in [0.29, 0.717) is 18.8 Å². The molecule has 2 heterocycles. The summed E-state index contributed by atoms with van der Waals surface area (Å²) >= 11 is 0. The fourth-order valence-corrected chi connectivity index (χ4v) is 3.86. The van der Waals surface area contributed by atoms with Crippen molar-refractivity contribution in [1.82, 2.24) is 4.90 Å². The van der Waals surface area contributed by atoms with Crippen LogP contribution < -0.4 is 0 Å². The van der Waals surface area contributed by atoms with Gasteiger partial charge in [0, 0.05) is 7.11 Å². The summed E-state index contributed by atoms with van der Waals surface area (Å²) in [6, 6.07) is -0.511. The fourth-order valence-electron chi connectivity index (χ4n) is 3.86. The smallest absolute Gasteiger partial charge is 0.417 e. The molecule has 0 aliphatic carbocycles. The summed E-state index contributed by atoms with van der Waals surface area (Å²) in [6.07, 6.45) is 1.75. The molecule has 9 heteroatoms. The van der Waals surface area contributed by atoms with Gasteiger partial charge in [0.2, 0.25) is 0 Å². The molecule has 1 saturated heterocycles. The highest BCUT2D eigenvalue weighted by molar-refractivity contribution is 6.03. The van der Waals surface area contributed by atoms with Crippen LogP contribution in [-0.2, 0) is 28.5 Å². The lowest BCUT2D eigenvalue weighted by Crippen LogP contribution is -2.55. The fraction of sp³-hybridized carbons (Fsp3) is 0.667. The normalized spacial score (nSPS) is 25.6. The number of aliphatic hydroxyl groups excluding tert-OH is 1. The highest BCUT2D eigenvalue weighted by Crippen LogP contribution is 2.35. The second-order valence-electron chi connectivity index (χ2n) is 8.03. The van der Waals surface area contributed by atoms with E-state index in [-0.39, 0.29) is 19.1 Å². The molecule has 30 heavy (non-hydrogen) atoms. The first-order valence-electron chi connectivity index (χ1n) is 10.00. The van der Waals surface area contributed by atoms with Crippen LogP contribution in [0.5, 0.6) is 0 Å². The maximum atomic E-state index is 13.3. The predicted octanol–water partition coefficient (Wildman–Crippen LogP) is 1.59. The van der Waals surface area contributed by atoms with E-state index in [4.69, 9.17) is 24.1 Å². The van der Waals surface area contributed by atoms with Crippen molar-refractivity contribution in [3.63, 3.8) is 0 Å². The van der Waals surface area contributed by atoms with Crippen LogP contribution in [0.15, 0.2) is 24.0 Å². The van der Waals surface area contributed by atoms with Crippen LogP contribution in [0.2, 0.25) is 0 Å². The molecule has 0 spiro atoms. The van der Waals surface area contributed by atoms with Crippen molar-refractivity contribution in [2.24, 2.45) is 5.92 Å². The van der Waals surface area contributed by atoms with Gasteiger partial charge < -0.3 is 24.1 Å². The number of nitrogens with zero attached hydrogens (tertiary/aromatic N) is 1. The third-order valence-corrected chi connectivity index (χ3v) is 4.98. The number of cyclic esters (lactones) is 1. The molecule has 2 rings (SSSR count). The SMILES string of the molecule is COC(C(=O)N1C(=O)OC(C)(C)C1C(C)C)C1OC(=CCCOCCO)C=CC1=O. The number of aliphatic hydroxyl groups is 1. The summed E-state index contributed by atoms with van der Waals surface area (Å²) in [5.74, 6) is -0.778. The van der Waals surface area contributed by atoms with Crippen molar-refractivity contribution in [2.45, 2.75) is 58.0 Å². The number of carbonyl (C=O) groups is 3. The summed E-state index contributed by atoms with van der Waals surface area (Å²) in [6.45, 7) is 7.82. The van der Waals surface area contributed by atoms with Crippen molar-refractivity contribution in [2.75, 3.05) is 26.9 Å². The number of hydrogen-bond acceptors (Lipinski definition) is 8. The minimum Gasteiger partial charge on any atom is -0.479 e. The molecule has 168 valence electrons. The van der Waals surface area contributed by atoms with Gasteiger partial charge in [-0.05, 0) is 44.4 Å². The van der Waals surface area contributed by atoms with Crippen molar-refractivity contribution in [1.29, 1.82) is 0 Å². The zero-order valence-electron chi connectivity index (χ0n) is 18.1. The van der Waals surface area contributed by atoms with Gasteiger partial charge in [-0.25, -0.2) is 9.69 Å². The number of hydrogen-bond donors (Lipinski definition) is 1. The Bertz CT molecular complexity index is 712. The Hall–Kier alpha value is -2.23. The van der Waals surface area contributed by atoms with E-state index >= 15 is 0 Å². The number of amides is 2. The zero-order chi connectivity index (χ0) is 22.5. The van der Waals surface area contributed by atoms with Gasteiger partial charge in [0.15, 0.2) is 18.0 Å². The van der Waals surface area contributed by atoms with E-state index < -0.39 is 41.6 Å². The molecule has 0 bridgehead atoms. The number of ketones is 1. The lowest BCUT2D eigenvalue weighted by molar-refractivity contribution is -0.154. The molecule has 2 amide bonds. The number of allylic oxidation sites excluding steroid dienone is 1. The summed E-state index contributed by atoms with van der Waals surface area (Å²) in [5.41, 5.74) is -0.865. The first-order valence-corrected chi connectivity index (χ1v) is 10.00. The molecular formula is C21H31NO8. The Morgan fingerprint density at radius 3 is 2.60 bits per heavy atom. The Morgan fingerprint density at radius 2 is 2.00 bits per heavy atom. The molecule has 0 aromatic carbocycles. The minimum atomic E-state index is -1.31. The Balaban J connectivity index is 2.18. The molecular weight excluding hydrogens is 394 g/mol. The number of methoxy groups -OCH3 is 1. The molecule has 1 N–H and O–H groups in total. The van der Waals surface area contributed by atoms with Crippen LogP contribution in [0.25, 0.3) is 0 Å². The van der Waals surface area contributed by atoms with Crippen LogP contribution in [0.3, 0.4) is 0 Å². The molecule has 0 aromatic rings. The predicted molar refractivity (Wildman–Crippen MR) is 106 cm³/mol. The van der Waals surface area contributed by atoms with Gasteiger partial charge in [0.1, 0.15) is 11.4 Å². The van der Waals surface area contributed by atoms with Gasteiger partial charge in [0.25, 0.3) is 5.91 Å². The lowest BCUT2D eigenvalue weighted by Gasteiger charge is -2.34. The quantitative estimate of drug-likeness (QED) is 0.555. The van der Waals surface area contributed by atoms with E-state index in [1.54, 1.807) is 19.9 Å². The average molecular weight is 425 g/mol. The van der Waals surface area contributed by atoms with Crippen LogP contribution >= 0.6 is 0 Å². The van der Waals surface area contributed by atoms with Crippen LogP contribution in [0.4, 0.5) is 4.79 Å². The van der Waals surface area contributed by atoms with Gasteiger partial charge in [-0.3, -0.25) is 9.59 Å². The lowest BCUT2D eigenvalue weighted by atomic mass is 9.88. The Morgan fingerprint density at radius 1 is 1.30 bits per heavy atom. The summed E-state index contributed by atoms with van der Waals surface area (Å²) in [4.78, 5) is 39.2. The van der Waals surface area contributed by atoms with Crippen molar-refractivity contribution < 1.29 is 38.4 Å². The van der Waals surface area contributed by atoms with Crippen molar-refractivity contribution >= 4 is 17.8 Å². The van der Waals surface area contributed by atoms with Gasteiger partial charge in [-0.15, -0.1) is 0 Å². The maximum absolute atomic E-state index is 13.3. The Labute approximate surface area is 176 Å². The largest absolute Gasteiger partial charge is 0.479 e. The van der Waals surface area contributed by atoms with Gasteiger partial charge in [0.05, 0.1) is 25.9 Å². The molecule has 3 atom stereocenters. The number of imide groups is 1. The minimum absolute atomic E-state index is 0.0612. The van der Waals surface area contributed by atoms with Crippen molar-refractivity contribution in [3.05, 3.63) is 24.0 Å². The molecule has 2 aliphatic rings. The zero-order valence-corrected chi connectivity index (χ0v) is 18.1. The monoisotopic (exact) mass is 425 g/mol. The van der Waals surface area contributed by atoms with Crippen LogP contribution in [0.1, 0.15) is 34.1 Å². The van der Waals surface area contributed by atoms with Crippen molar-refractivity contribution in [3.8, 4) is 0 Å². The van der Waals surface area contributed by atoms with E-state index in [9.17, 15) is 14.4 Å². The first kappa shape index (κ1) is 24.0. The van der Waals surface area contributed by atoms with E-state index in [0.717, 1.165) is 4.90 Å². The molecule has 3 unspecified atom stereocenters. The number of rotatable bonds is 9. The van der Waals surface area contributed by atoms with Crippen LogP contribution in [-0.4, -0.2) is 78.6 Å². The maximum Gasteiger partial charge on any atom is 0.417 e. The second-order valence-corrected chi connectivity index (χ2v) is 8.03. The summed E-state index contributed by atoms with van der Waals surface area (Å²) in [5, 5.41) is 8.72. The second kappa shape index (κ2) is 10.2. The van der Waals surface area contributed by atoms with E-state index in [1.165, 1.54) is 19.3 Å². The standard InChI is InChI=1S/C21H31NO8/c1-13(2)18-21(3,4)30-20(26)22(18)19(25)17(27-5)16-15(24)9-8-14(29-16)7-6-11-28-12-10-23/h7-9,13,16-18,23H,6,10-12H2,1-5H3. The number of ether oxygens (including phenoxy) is 4. The van der Waals surface area contributed by atoms with Gasteiger partial charge >= 0.3 is 6.09 Å². The van der Waals surface area contributed by atoms with E-state index in [2.05, 4.69) is 0 Å². The molecule has 0 saturated carbocycles. The van der Waals surface area contributed by atoms with Gasteiger partial charge in [-0.2, -0.15) is 0 Å². The Kier molecular flexibility index (Phi) is 8.17. The summed E-state index contributed by atoms with van der Waals surface area (Å²) in [7, 11) is 1.29. The highest BCUT2D eigenvalue weighted by atomic mass is 16.6. The molecule has 0 radical (unpaired) electrons. The third kappa shape index (κ3) is 5.27. The molecule has 2 aliphatic heterocycles.